The molecule has 2 aliphatic rings. The highest BCUT2D eigenvalue weighted by Gasteiger charge is 2.43. The summed E-state index contributed by atoms with van der Waals surface area (Å²) >= 11 is 12.4. The Kier molecular flexibility index (Phi) is 4.32. The molecule has 0 fully saturated rings. The first kappa shape index (κ1) is 17.8. The standard InChI is InChI=1S/C19H14Cl2N2O4/c20-9-4-5-12(14(21)8-9)17-11-3-1-2-10(11)16-15(23(26)27)7-6-13(19(24)25)18(16)22-17/h1-2,4-8,10-11,17,22H,3H2,(H,24,25)/t10-,11+,17+/m0/s1. The molecule has 2 N–H and O–H groups in total. The van der Waals surface area contributed by atoms with E-state index in [1.54, 1.807) is 18.2 Å². The molecule has 0 amide bonds. The van der Waals surface area contributed by atoms with E-state index in [9.17, 15) is 20.0 Å². The van der Waals surface area contributed by atoms with Crippen LogP contribution in [0.2, 0.25) is 10.0 Å². The Balaban J connectivity index is 1.93. The number of aromatic carboxylic acids is 1. The van der Waals surface area contributed by atoms with Gasteiger partial charge in [0.05, 0.1) is 27.8 Å². The third kappa shape index (κ3) is 2.85. The lowest BCUT2D eigenvalue weighted by Gasteiger charge is -2.38. The molecule has 0 saturated heterocycles. The number of carboxylic acids is 1. The van der Waals surface area contributed by atoms with E-state index in [1.165, 1.54) is 12.1 Å². The quantitative estimate of drug-likeness (QED) is 0.404. The molecule has 0 unspecified atom stereocenters. The topological polar surface area (TPSA) is 92.5 Å². The van der Waals surface area contributed by atoms with Crippen LogP contribution < -0.4 is 5.32 Å². The molecule has 4 rings (SSSR count). The Morgan fingerprint density at radius 2 is 2.04 bits per heavy atom. The van der Waals surface area contributed by atoms with Crippen molar-refractivity contribution in [3.05, 3.63) is 79.3 Å². The summed E-state index contributed by atoms with van der Waals surface area (Å²) in [5.41, 5.74) is 1.41. The number of carboxylic acid groups (broad SMARTS) is 1. The van der Waals surface area contributed by atoms with E-state index in [4.69, 9.17) is 23.2 Å². The van der Waals surface area contributed by atoms with Crippen LogP contribution in [-0.4, -0.2) is 16.0 Å². The minimum atomic E-state index is -1.14. The van der Waals surface area contributed by atoms with Crippen molar-refractivity contribution < 1.29 is 14.8 Å². The average molecular weight is 405 g/mol. The summed E-state index contributed by atoms with van der Waals surface area (Å²) < 4.78 is 0. The molecule has 0 aromatic heterocycles. The first-order valence-electron chi connectivity index (χ1n) is 8.31. The molecule has 8 heteroatoms. The van der Waals surface area contributed by atoms with Crippen molar-refractivity contribution in [2.75, 3.05) is 5.32 Å². The van der Waals surface area contributed by atoms with Crippen LogP contribution in [0.15, 0.2) is 42.5 Å². The Morgan fingerprint density at radius 1 is 1.26 bits per heavy atom. The molecule has 138 valence electrons. The summed E-state index contributed by atoms with van der Waals surface area (Å²) in [6.45, 7) is 0. The van der Waals surface area contributed by atoms with Crippen molar-refractivity contribution >= 4 is 40.5 Å². The number of hydrogen-bond acceptors (Lipinski definition) is 4. The summed E-state index contributed by atoms with van der Waals surface area (Å²) in [6.07, 6.45) is 4.59. The first-order valence-corrected chi connectivity index (χ1v) is 9.06. The largest absolute Gasteiger partial charge is 0.478 e. The highest BCUT2D eigenvalue weighted by molar-refractivity contribution is 6.35. The number of carbonyl (C=O) groups is 1. The normalized spacial score (nSPS) is 22.7. The minimum Gasteiger partial charge on any atom is -0.478 e. The number of nitro benzene ring substituents is 1. The molecule has 2 aromatic rings. The zero-order chi connectivity index (χ0) is 19.3. The van der Waals surface area contributed by atoms with E-state index < -0.39 is 10.9 Å². The van der Waals surface area contributed by atoms with Crippen LogP contribution in [0.25, 0.3) is 0 Å². The zero-order valence-electron chi connectivity index (χ0n) is 13.9. The van der Waals surface area contributed by atoms with Gasteiger partial charge in [0.15, 0.2) is 0 Å². The van der Waals surface area contributed by atoms with Crippen LogP contribution in [0.5, 0.6) is 0 Å². The van der Waals surface area contributed by atoms with Gasteiger partial charge in [-0.3, -0.25) is 10.1 Å². The van der Waals surface area contributed by atoms with E-state index in [-0.39, 0.29) is 34.8 Å². The predicted octanol–water partition coefficient (Wildman–Crippen LogP) is 5.43. The van der Waals surface area contributed by atoms with Crippen LogP contribution in [0.1, 0.15) is 39.9 Å². The average Bonchev–Trinajstić information content (AvgIpc) is 3.09. The number of nitrogens with zero attached hydrogens (tertiary/aromatic N) is 1. The number of fused-ring (bicyclic) bond motifs is 3. The van der Waals surface area contributed by atoms with E-state index in [0.29, 0.717) is 22.0 Å². The van der Waals surface area contributed by atoms with E-state index in [2.05, 4.69) is 5.32 Å². The van der Waals surface area contributed by atoms with Crippen molar-refractivity contribution in [1.82, 2.24) is 0 Å². The van der Waals surface area contributed by atoms with Gasteiger partial charge in [-0.25, -0.2) is 4.79 Å². The number of anilines is 1. The molecule has 0 spiro atoms. The second-order valence-corrected chi connectivity index (χ2v) is 7.47. The lowest BCUT2D eigenvalue weighted by atomic mass is 9.75. The van der Waals surface area contributed by atoms with Crippen molar-refractivity contribution in [3.63, 3.8) is 0 Å². The lowest BCUT2D eigenvalue weighted by Crippen LogP contribution is -2.31. The maximum absolute atomic E-state index is 11.7. The number of allylic oxidation sites excluding steroid dienone is 2. The Labute approximate surface area is 164 Å². The van der Waals surface area contributed by atoms with Gasteiger partial charge >= 0.3 is 5.97 Å². The number of nitro groups is 1. The highest BCUT2D eigenvalue weighted by atomic mass is 35.5. The Morgan fingerprint density at radius 3 is 2.70 bits per heavy atom. The van der Waals surface area contributed by atoms with Gasteiger partial charge < -0.3 is 10.4 Å². The van der Waals surface area contributed by atoms with Gasteiger partial charge in [-0.15, -0.1) is 0 Å². The molecular weight excluding hydrogens is 391 g/mol. The van der Waals surface area contributed by atoms with Crippen molar-refractivity contribution in [2.24, 2.45) is 5.92 Å². The van der Waals surface area contributed by atoms with Crippen molar-refractivity contribution in [3.8, 4) is 0 Å². The maximum atomic E-state index is 11.7. The monoisotopic (exact) mass is 404 g/mol. The van der Waals surface area contributed by atoms with Gasteiger partial charge in [-0.1, -0.05) is 41.4 Å². The SMILES string of the molecule is O=C(O)c1ccc([N+](=O)[O-])c2c1N[C@@H](c1ccc(Cl)cc1Cl)[C@@H]1CC=C[C@H]21. The number of nitrogens with one attached hydrogen (secondary N) is 1. The summed E-state index contributed by atoms with van der Waals surface area (Å²) in [6, 6.07) is 7.42. The van der Waals surface area contributed by atoms with Crippen LogP contribution in [0.4, 0.5) is 11.4 Å². The molecular formula is C19H14Cl2N2O4. The van der Waals surface area contributed by atoms with Gasteiger partial charge in [-0.05, 0) is 36.1 Å². The molecule has 0 saturated carbocycles. The van der Waals surface area contributed by atoms with E-state index in [0.717, 1.165) is 5.56 Å². The molecule has 1 aliphatic heterocycles. The molecule has 27 heavy (non-hydrogen) atoms. The smallest absolute Gasteiger partial charge is 0.337 e. The van der Waals surface area contributed by atoms with Crippen LogP contribution in [0, 0.1) is 16.0 Å². The van der Waals surface area contributed by atoms with Crippen molar-refractivity contribution in [1.29, 1.82) is 0 Å². The number of halogens is 2. The molecule has 1 heterocycles. The minimum absolute atomic E-state index is 0.00411. The fraction of sp³-hybridized carbons (Fsp3) is 0.211. The van der Waals surface area contributed by atoms with Crippen LogP contribution >= 0.6 is 23.2 Å². The van der Waals surface area contributed by atoms with Crippen LogP contribution in [-0.2, 0) is 0 Å². The molecule has 0 bridgehead atoms. The van der Waals surface area contributed by atoms with Gasteiger partial charge in [0.2, 0.25) is 0 Å². The third-order valence-corrected chi connectivity index (χ3v) is 5.78. The fourth-order valence-electron chi connectivity index (χ4n) is 4.09. The Bertz CT molecular complexity index is 1010. The zero-order valence-corrected chi connectivity index (χ0v) is 15.4. The first-order chi connectivity index (χ1) is 12.9. The molecule has 0 radical (unpaired) electrons. The third-order valence-electron chi connectivity index (χ3n) is 5.22. The summed E-state index contributed by atoms with van der Waals surface area (Å²) in [7, 11) is 0. The summed E-state index contributed by atoms with van der Waals surface area (Å²) in [4.78, 5) is 22.8. The molecule has 1 aliphatic carbocycles. The second-order valence-electron chi connectivity index (χ2n) is 6.62. The molecule has 3 atom stereocenters. The predicted molar refractivity (Wildman–Crippen MR) is 103 cm³/mol. The summed E-state index contributed by atoms with van der Waals surface area (Å²) in [5.74, 6) is -1.42. The molecule has 6 nitrogen and oxygen atoms in total. The van der Waals surface area contributed by atoms with Crippen molar-refractivity contribution in [2.45, 2.75) is 18.4 Å². The summed E-state index contributed by atoms with van der Waals surface area (Å²) in [5, 5.41) is 25.4. The van der Waals surface area contributed by atoms with Gasteiger partial charge in [0.25, 0.3) is 5.69 Å². The number of rotatable bonds is 3. The highest BCUT2D eigenvalue weighted by Crippen LogP contribution is 2.54. The second kappa shape index (κ2) is 6.55. The van der Waals surface area contributed by atoms with Gasteiger partial charge in [0.1, 0.15) is 0 Å². The van der Waals surface area contributed by atoms with Gasteiger partial charge in [-0.2, -0.15) is 0 Å². The molecule has 2 aromatic carbocycles. The lowest BCUT2D eigenvalue weighted by molar-refractivity contribution is -0.385. The number of benzene rings is 2. The van der Waals surface area contributed by atoms with E-state index in [1.807, 2.05) is 12.2 Å². The fourth-order valence-corrected chi connectivity index (χ4v) is 4.61. The Hall–Kier alpha value is -2.57. The van der Waals surface area contributed by atoms with Crippen LogP contribution in [0.3, 0.4) is 0 Å². The van der Waals surface area contributed by atoms with E-state index >= 15 is 0 Å². The number of hydrogen-bond donors (Lipinski definition) is 2. The van der Waals surface area contributed by atoms with Gasteiger partial charge in [0, 0.05) is 22.0 Å². The maximum Gasteiger partial charge on any atom is 0.337 e.